The van der Waals surface area contributed by atoms with Gasteiger partial charge in [-0.3, -0.25) is 14.9 Å². The number of methoxy groups -OCH3 is 1. The number of hydrogen-bond acceptors (Lipinski definition) is 6. The molecular weight excluding hydrogens is 426 g/mol. The third-order valence-electron chi connectivity index (χ3n) is 3.95. The average Bonchev–Trinajstić information content (AvgIpc) is 2.76. The highest BCUT2D eigenvalue weighted by molar-refractivity contribution is 7.99. The Balaban J connectivity index is 1.71. The molecule has 0 atom stereocenters. The summed E-state index contributed by atoms with van der Waals surface area (Å²) in [6.07, 6.45) is 1.35. The molecule has 3 aromatic rings. The van der Waals surface area contributed by atoms with Crippen molar-refractivity contribution in [3.63, 3.8) is 0 Å². The summed E-state index contributed by atoms with van der Waals surface area (Å²) in [6.45, 7) is 0. The van der Waals surface area contributed by atoms with Crippen LogP contribution >= 0.6 is 23.4 Å². The second kappa shape index (κ2) is 9.91. The molecule has 0 aromatic heterocycles. The highest BCUT2D eigenvalue weighted by Gasteiger charge is 2.15. The molecule has 0 fully saturated rings. The number of nitrogens with one attached hydrogen (secondary N) is 1. The number of nitrogens with zero attached hydrogens (tertiary/aromatic N) is 2. The molecule has 0 aliphatic carbocycles. The third kappa shape index (κ3) is 5.59. The molecule has 7 nitrogen and oxygen atoms in total. The van der Waals surface area contributed by atoms with Crippen molar-refractivity contribution in [3.8, 4) is 5.75 Å². The van der Waals surface area contributed by atoms with E-state index in [4.69, 9.17) is 16.3 Å². The number of hydrazone groups is 1. The zero-order chi connectivity index (χ0) is 21.5. The Morgan fingerprint density at radius 3 is 2.47 bits per heavy atom. The summed E-state index contributed by atoms with van der Waals surface area (Å²) >= 11 is 7.14. The molecule has 0 saturated heterocycles. The van der Waals surface area contributed by atoms with Crippen molar-refractivity contribution >= 4 is 41.2 Å². The van der Waals surface area contributed by atoms with Gasteiger partial charge in [-0.2, -0.15) is 5.10 Å². The molecule has 0 spiro atoms. The van der Waals surface area contributed by atoms with Crippen molar-refractivity contribution < 1.29 is 14.5 Å². The maximum absolute atomic E-state index is 12.1. The monoisotopic (exact) mass is 441 g/mol. The van der Waals surface area contributed by atoms with Gasteiger partial charge in [-0.05, 0) is 54.6 Å². The normalized spacial score (nSPS) is 10.7. The fraction of sp³-hybridized carbons (Fsp3) is 0.0476. The molecule has 30 heavy (non-hydrogen) atoms. The fourth-order valence-electron chi connectivity index (χ4n) is 2.45. The molecule has 0 radical (unpaired) electrons. The van der Waals surface area contributed by atoms with Gasteiger partial charge in [-0.1, -0.05) is 29.4 Å². The van der Waals surface area contributed by atoms with Crippen LogP contribution in [0.4, 0.5) is 5.69 Å². The lowest BCUT2D eigenvalue weighted by molar-refractivity contribution is -0.387. The van der Waals surface area contributed by atoms with E-state index in [1.807, 2.05) is 0 Å². The van der Waals surface area contributed by atoms with Gasteiger partial charge in [0.1, 0.15) is 5.75 Å². The van der Waals surface area contributed by atoms with E-state index in [9.17, 15) is 14.9 Å². The van der Waals surface area contributed by atoms with Crippen LogP contribution in [0.5, 0.6) is 5.75 Å². The minimum atomic E-state index is -0.453. The van der Waals surface area contributed by atoms with E-state index in [0.717, 1.165) is 4.90 Å². The van der Waals surface area contributed by atoms with Crippen LogP contribution in [0.2, 0.25) is 5.02 Å². The number of nitro groups is 1. The molecule has 3 rings (SSSR count). The van der Waals surface area contributed by atoms with Crippen LogP contribution < -0.4 is 10.2 Å². The molecule has 9 heteroatoms. The number of amides is 1. The topological polar surface area (TPSA) is 93.8 Å². The van der Waals surface area contributed by atoms with Crippen LogP contribution in [0.3, 0.4) is 0 Å². The van der Waals surface area contributed by atoms with E-state index in [1.54, 1.807) is 60.7 Å². The molecule has 1 amide bonds. The molecule has 0 unspecified atom stereocenters. The number of hydrogen-bond donors (Lipinski definition) is 1. The van der Waals surface area contributed by atoms with Gasteiger partial charge in [0.05, 0.1) is 23.1 Å². The lowest BCUT2D eigenvalue weighted by Gasteiger charge is -2.05. The Labute approximate surface area is 181 Å². The van der Waals surface area contributed by atoms with Crippen LogP contribution in [-0.2, 0) is 0 Å². The van der Waals surface area contributed by atoms with Crippen LogP contribution in [0, 0.1) is 10.1 Å². The first-order valence-corrected chi connectivity index (χ1v) is 9.85. The summed E-state index contributed by atoms with van der Waals surface area (Å²) < 4.78 is 5.05. The van der Waals surface area contributed by atoms with Crippen molar-refractivity contribution in [2.75, 3.05) is 7.11 Å². The predicted molar refractivity (Wildman–Crippen MR) is 117 cm³/mol. The Hall–Kier alpha value is -3.36. The SMILES string of the molecule is COc1ccc(C(=O)N/N=C\c2ccc(Sc3ccc(Cl)cc3)c([N+](=O)[O-])c2)cc1. The molecular formula is C21H16ClN3O4S. The van der Waals surface area contributed by atoms with Gasteiger partial charge in [0.25, 0.3) is 11.6 Å². The van der Waals surface area contributed by atoms with Gasteiger partial charge in [0.15, 0.2) is 0 Å². The van der Waals surface area contributed by atoms with E-state index in [2.05, 4.69) is 10.5 Å². The van der Waals surface area contributed by atoms with E-state index in [1.165, 1.54) is 31.2 Å². The summed E-state index contributed by atoms with van der Waals surface area (Å²) in [7, 11) is 1.54. The van der Waals surface area contributed by atoms with Crippen LogP contribution in [0.25, 0.3) is 0 Å². The summed E-state index contributed by atoms with van der Waals surface area (Å²) in [4.78, 5) is 24.5. The first-order valence-electron chi connectivity index (χ1n) is 8.65. The van der Waals surface area contributed by atoms with Crippen molar-refractivity contribution in [2.45, 2.75) is 9.79 Å². The van der Waals surface area contributed by atoms with Crippen molar-refractivity contribution in [1.29, 1.82) is 0 Å². The molecule has 1 N–H and O–H groups in total. The van der Waals surface area contributed by atoms with Gasteiger partial charge in [0, 0.05) is 27.1 Å². The third-order valence-corrected chi connectivity index (χ3v) is 5.28. The summed E-state index contributed by atoms with van der Waals surface area (Å²) in [5.74, 6) is 0.234. The van der Waals surface area contributed by atoms with E-state index in [0.29, 0.717) is 26.8 Å². The van der Waals surface area contributed by atoms with Gasteiger partial charge >= 0.3 is 0 Å². The van der Waals surface area contributed by atoms with Gasteiger partial charge in [0.2, 0.25) is 0 Å². The van der Waals surface area contributed by atoms with Crippen LogP contribution in [0.15, 0.2) is 81.6 Å². The van der Waals surface area contributed by atoms with E-state index in [-0.39, 0.29) is 5.69 Å². The van der Waals surface area contributed by atoms with Gasteiger partial charge in [-0.25, -0.2) is 5.43 Å². The standard InChI is InChI=1S/C21H16ClN3O4S/c1-29-17-7-3-15(4-8-17)21(26)24-23-13-14-2-11-20(19(12-14)25(27)28)30-18-9-5-16(22)6-10-18/h2-13H,1H3,(H,24,26)/b23-13-. The number of carbonyl (C=O) groups excluding carboxylic acids is 1. The van der Waals surface area contributed by atoms with Crippen molar-refractivity contribution in [3.05, 3.63) is 93.0 Å². The highest BCUT2D eigenvalue weighted by Crippen LogP contribution is 2.35. The smallest absolute Gasteiger partial charge is 0.283 e. The maximum Gasteiger partial charge on any atom is 0.283 e. The second-order valence-corrected chi connectivity index (χ2v) is 7.52. The number of carbonyl (C=O) groups is 1. The Morgan fingerprint density at radius 1 is 1.13 bits per heavy atom. The minimum Gasteiger partial charge on any atom is -0.497 e. The number of nitro benzene ring substituents is 1. The molecule has 3 aromatic carbocycles. The van der Waals surface area contributed by atoms with Crippen molar-refractivity contribution in [2.24, 2.45) is 5.10 Å². The van der Waals surface area contributed by atoms with Gasteiger partial charge in [-0.15, -0.1) is 0 Å². The molecule has 0 aliphatic heterocycles. The van der Waals surface area contributed by atoms with Crippen LogP contribution in [-0.4, -0.2) is 24.2 Å². The predicted octanol–water partition coefficient (Wildman–Crippen LogP) is 5.17. The first-order chi connectivity index (χ1) is 14.5. The Kier molecular flexibility index (Phi) is 7.05. The minimum absolute atomic E-state index is 0.0552. The van der Waals surface area contributed by atoms with E-state index < -0.39 is 10.8 Å². The zero-order valence-corrected chi connectivity index (χ0v) is 17.3. The highest BCUT2D eigenvalue weighted by atomic mass is 35.5. The fourth-order valence-corrected chi connectivity index (χ4v) is 3.47. The number of ether oxygens (including phenoxy) is 1. The molecule has 0 heterocycles. The van der Waals surface area contributed by atoms with E-state index >= 15 is 0 Å². The maximum atomic E-state index is 12.1. The number of rotatable bonds is 7. The summed E-state index contributed by atoms with van der Waals surface area (Å²) in [6, 6.07) is 18.3. The first kappa shape index (κ1) is 21.4. The molecule has 0 aliphatic rings. The lowest BCUT2D eigenvalue weighted by Crippen LogP contribution is -2.17. The average molecular weight is 442 g/mol. The second-order valence-electron chi connectivity index (χ2n) is 5.97. The molecule has 0 saturated carbocycles. The number of benzene rings is 3. The largest absolute Gasteiger partial charge is 0.497 e. The summed E-state index contributed by atoms with van der Waals surface area (Å²) in [5, 5.41) is 16.0. The Bertz CT molecular complexity index is 1090. The summed E-state index contributed by atoms with van der Waals surface area (Å²) in [5.41, 5.74) is 3.23. The molecule has 0 bridgehead atoms. The Morgan fingerprint density at radius 2 is 1.83 bits per heavy atom. The molecule has 152 valence electrons. The van der Waals surface area contributed by atoms with Gasteiger partial charge < -0.3 is 4.74 Å². The zero-order valence-electron chi connectivity index (χ0n) is 15.7. The lowest BCUT2D eigenvalue weighted by atomic mass is 10.2. The van der Waals surface area contributed by atoms with Crippen molar-refractivity contribution in [1.82, 2.24) is 5.43 Å². The quantitative estimate of drug-likeness (QED) is 0.310. The number of halogens is 1. The van der Waals surface area contributed by atoms with Crippen LogP contribution in [0.1, 0.15) is 15.9 Å².